The van der Waals surface area contributed by atoms with E-state index >= 15 is 0 Å². The quantitative estimate of drug-likeness (QED) is 0.837. The number of amides is 1. The molecule has 0 fully saturated rings. The van der Waals surface area contributed by atoms with E-state index in [2.05, 4.69) is 0 Å². The average molecular weight is 215 g/mol. The molecule has 82 valence electrons. The van der Waals surface area contributed by atoms with Gasteiger partial charge < -0.3 is 10.5 Å². The SMILES string of the molecule is CC(OC(N)=O)c1ccc2ccccc2c1. The largest absolute Gasteiger partial charge is 0.442 e. The Bertz CT molecular complexity index is 522. The van der Waals surface area contributed by atoms with Crippen molar-refractivity contribution in [2.75, 3.05) is 0 Å². The number of benzene rings is 2. The highest BCUT2D eigenvalue weighted by molar-refractivity contribution is 5.83. The number of hydrogen-bond acceptors (Lipinski definition) is 2. The molecule has 0 aliphatic rings. The highest BCUT2D eigenvalue weighted by atomic mass is 16.6. The molecule has 2 rings (SSSR count). The molecule has 1 amide bonds. The molecule has 0 aliphatic carbocycles. The van der Waals surface area contributed by atoms with E-state index < -0.39 is 6.09 Å². The summed E-state index contributed by atoms with van der Waals surface area (Å²) in [6.45, 7) is 1.80. The Kier molecular flexibility index (Phi) is 2.77. The van der Waals surface area contributed by atoms with Crippen LogP contribution in [0.25, 0.3) is 10.8 Å². The summed E-state index contributed by atoms with van der Waals surface area (Å²) in [5.74, 6) is 0. The van der Waals surface area contributed by atoms with E-state index in [0.717, 1.165) is 16.3 Å². The number of fused-ring (bicyclic) bond motifs is 1. The third-order valence-corrected chi connectivity index (χ3v) is 2.54. The molecule has 3 heteroatoms. The molecule has 0 spiro atoms. The van der Waals surface area contributed by atoms with Gasteiger partial charge in [0.05, 0.1) is 0 Å². The molecule has 2 aromatic rings. The zero-order chi connectivity index (χ0) is 11.5. The molecular formula is C13H13NO2. The molecule has 0 saturated heterocycles. The number of carbonyl (C=O) groups is 1. The number of nitrogens with two attached hydrogens (primary N) is 1. The standard InChI is InChI=1S/C13H13NO2/c1-9(16-13(14)15)11-7-6-10-4-2-3-5-12(10)8-11/h2-9H,1H3,(H2,14,15). The maximum absolute atomic E-state index is 10.6. The lowest BCUT2D eigenvalue weighted by Gasteiger charge is -2.12. The second-order valence-electron chi connectivity index (χ2n) is 3.69. The van der Waals surface area contributed by atoms with Crippen molar-refractivity contribution in [3.05, 3.63) is 48.0 Å². The van der Waals surface area contributed by atoms with Crippen molar-refractivity contribution in [3.8, 4) is 0 Å². The van der Waals surface area contributed by atoms with Crippen LogP contribution in [0.3, 0.4) is 0 Å². The summed E-state index contributed by atoms with van der Waals surface area (Å²) in [4.78, 5) is 10.6. The molecule has 0 bridgehead atoms. The lowest BCUT2D eigenvalue weighted by atomic mass is 10.0. The fourth-order valence-electron chi connectivity index (χ4n) is 1.70. The van der Waals surface area contributed by atoms with Gasteiger partial charge >= 0.3 is 6.09 Å². The number of carbonyl (C=O) groups excluding carboxylic acids is 1. The van der Waals surface area contributed by atoms with Gasteiger partial charge in [-0.3, -0.25) is 0 Å². The maximum Gasteiger partial charge on any atom is 0.405 e. The van der Waals surface area contributed by atoms with Crippen LogP contribution < -0.4 is 5.73 Å². The topological polar surface area (TPSA) is 52.3 Å². The minimum absolute atomic E-state index is 0.317. The van der Waals surface area contributed by atoms with E-state index in [4.69, 9.17) is 10.5 Å². The Morgan fingerprint density at radius 3 is 2.56 bits per heavy atom. The summed E-state index contributed by atoms with van der Waals surface area (Å²) < 4.78 is 4.92. The molecule has 0 radical (unpaired) electrons. The monoisotopic (exact) mass is 215 g/mol. The van der Waals surface area contributed by atoms with Gasteiger partial charge in [-0.1, -0.05) is 36.4 Å². The molecule has 0 heterocycles. The molecule has 1 atom stereocenters. The van der Waals surface area contributed by atoms with Crippen molar-refractivity contribution >= 4 is 16.9 Å². The van der Waals surface area contributed by atoms with Gasteiger partial charge in [-0.15, -0.1) is 0 Å². The first kappa shape index (κ1) is 10.5. The Labute approximate surface area is 93.8 Å². The molecule has 2 N–H and O–H groups in total. The van der Waals surface area contributed by atoms with Gasteiger partial charge in [-0.25, -0.2) is 4.79 Å². The number of primary amides is 1. The fourth-order valence-corrected chi connectivity index (χ4v) is 1.70. The first-order valence-corrected chi connectivity index (χ1v) is 5.11. The second kappa shape index (κ2) is 4.23. The van der Waals surface area contributed by atoms with Gasteiger partial charge in [0.25, 0.3) is 0 Å². The Morgan fingerprint density at radius 2 is 1.88 bits per heavy atom. The van der Waals surface area contributed by atoms with Crippen molar-refractivity contribution in [2.24, 2.45) is 5.73 Å². The lowest BCUT2D eigenvalue weighted by molar-refractivity contribution is 0.116. The molecule has 2 aromatic carbocycles. The van der Waals surface area contributed by atoms with Gasteiger partial charge in [-0.05, 0) is 29.3 Å². The van der Waals surface area contributed by atoms with Crippen LogP contribution in [-0.4, -0.2) is 6.09 Å². The van der Waals surface area contributed by atoms with Crippen LogP contribution in [0.15, 0.2) is 42.5 Å². The van der Waals surface area contributed by atoms with Crippen LogP contribution in [0.2, 0.25) is 0 Å². The van der Waals surface area contributed by atoms with Crippen molar-refractivity contribution < 1.29 is 9.53 Å². The minimum Gasteiger partial charge on any atom is -0.442 e. The third-order valence-electron chi connectivity index (χ3n) is 2.54. The molecule has 0 saturated carbocycles. The molecule has 16 heavy (non-hydrogen) atoms. The summed E-state index contributed by atoms with van der Waals surface area (Å²) in [6, 6.07) is 14.0. The molecular weight excluding hydrogens is 202 g/mol. The highest BCUT2D eigenvalue weighted by Gasteiger charge is 2.08. The minimum atomic E-state index is -0.749. The summed E-state index contributed by atoms with van der Waals surface area (Å²) in [5, 5.41) is 2.29. The summed E-state index contributed by atoms with van der Waals surface area (Å²) >= 11 is 0. The van der Waals surface area contributed by atoms with Crippen LogP contribution in [-0.2, 0) is 4.74 Å². The van der Waals surface area contributed by atoms with Gasteiger partial charge in [0, 0.05) is 0 Å². The normalized spacial score (nSPS) is 12.3. The van der Waals surface area contributed by atoms with Crippen LogP contribution in [0, 0.1) is 0 Å². The van der Waals surface area contributed by atoms with Gasteiger partial charge in [-0.2, -0.15) is 0 Å². The summed E-state index contributed by atoms with van der Waals surface area (Å²) in [5.41, 5.74) is 5.92. The first-order valence-electron chi connectivity index (χ1n) is 5.11. The van der Waals surface area contributed by atoms with E-state index in [1.54, 1.807) is 6.92 Å². The smallest absolute Gasteiger partial charge is 0.405 e. The number of rotatable bonds is 2. The van der Waals surface area contributed by atoms with Crippen molar-refractivity contribution in [1.82, 2.24) is 0 Å². The fraction of sp³-hybridized carbons (Fsp3) is 0.154. The Balaban J connectivity index is 2.35. The predicted molar refractivity (Wildman–Crippen MR) is 63.0 cm³/mol. The van der Waals surface area contributed by atoms with Crippen molar-refractivity contribution in [1.29, 1.82) is 0 Å². The maximum atomic E-state index is 10.6. The van der Waals surface area contributed by atoms with Crippen LogP contribution >= 0.6 is 0 Å². The van der Waals surface area contributed by atoms with E-state index in [9.17, 15) is 4.79 Å². The van der Waals surface area contributed by atoms with E-state index in [-0.39, 0.29) is 6.10 Å². The summed E-state index contributed by atoms with van der Waals surface area (Å²) in [7, 11) is 0. The predicted octanol–water partition coefficient (Wildman–Crippen LogP) is 3.00. The average Bonchev–Trinajstić information content (AvgIpc) is 2.27. The van der Waals surface area contributed by atoms with Gasteiger partial charge in [0.2, 0.25) is 0 Å². The molecule has 1 unspecified atom stereocenters. The second-order valence-corrected chi connectivity index (χ2v) is 3.69. The zero-order valence-corrected chi connectivity index (χ0v) is 9.01. The van der Waals surface area contributed by atoms with Gasteiger partial charge in [0.15, 0.2) is 0 Å². The van der Waals surface area contributed by atoms with E-state index in [0.29, 0.717) is 0 Å². The van der Waals surface area contributed by atoms with Crippen LogP contribution in [0.4, 0.5) is 4.79 Å². The Hall–Kier alpha value is -2.03. The summed E-state index contributed by atoms with van der Waals surface area (Å²) in [6.07, 6.45) is -1.07. The molecule has 0 aliphatic heterocycles. The van der Waals surface area contributed by atoms with Crippen LogP contribution in [0.1, 0.15) is 18.6 Å². The van der Waals surface area contributed by atoms with E-state index in [1.807, 2.05) is 42.5 Å². The lowest BCUT2D eigenvalue weighted by Crippen LogP contribution is -2.15. The Morgan fingerprint density at radius 1 is 1.19 bits per heavy atom. The number of hydrogen-bond donors (Lipinski definition) is 1. The van der Waals surface area contributed by atoms with Crippen molar-refractivity contribution in [3.63, 3.8) is 0 Å². The van der Waals surface area contributed by atoms with E-state index in [1.165, 1.54) is 0 Å². The van der Waals surface area contributed by atoms with Gasteiger partial charge in [0.1, 0.15) is 6.10 Å². The van der Waals surface area contributed by atoms with Crippen LogP contribution in [0.5, 0.6) is 0 Å². The molecule has 0 aromatic heterocycles. The number of ether oxygens (including phenoxy) is 1. The molecule has 3 nitrogen and oxygen atoms in total. The van der Waals surface area contributed by atoms with Crippen molar-refractivity contribution in [2.45, 2.75) is 13.0 Å². The highest BCUT2D eigenvalue weighted by Crippen LogP contribution is 2.22. The zero-order valence-electron chi connectivity index (χ0n) is 9.01. The first-order chi connectivity index (χ1) is 7.66. The third kappa shape index (κ3) is 2.14.